The molecule has 2 aromatic rings. The Morgan fingerprint density at radius 2 is 2.11 bits per heavy atom. The molecule has 19 heavy (non-hydrogen) atoms. The lowest BCUT2D eigenvalue weighted by atomic mass is 10.2. The van der Waals surface area contributed by atoms with E-state index in [4.69, 9.17) is 17.3 Å². The molecule has 0 fully saturated rings. The van der Waals surface area contributed by atoms with Crippen molar-refractivity contribution in [2.24, 2.45) is 0 Å². The summed E-state index contributed by atoms with van der Waals surface area (Å²) < 4.78 is 4.02. The molecule has 0 atom stereocenters. The van der Waals surface area contributed by atoms with Gasteiger partial charge in [0, 0.05) is 17.1 Å². The Hall–Kier alpha value is -1.59. The highest BCUT2D eigenvalue weighted by molar-refractivity contribution is 7.08. The molecule has 0 radical (unpaired) electrons. The number of aromatic nitrogens is 1. The van der Waals surface area contributed by atoms with Crippen LogP contribution < -0.4 is 11.1 Å². The molecular formula is C13H14ClN3OS. The van der Waals surface area contributed by atoms with Crippen LogP contribution in [0.4, 0.5) is 5.82 Å². The summed E-state index contributed by atoms with van der Waals surface area (Å²) in [4.78, 5) is 12.6. The van der Waals surface area contributed by atoms with Crippen molar-refractivity contribution in [3.05, 3.63) is 45.3 Å². The smallest absolute Gasteiger partial charge is 0.263 e. The minimum atomic E-state index is -0.138. The molecule has 0 aliphatic heterocycles. The van der Waals surface area contributed by atoms with Crippen LogP contribution in [-0.2, 0) is 13.0 Å². The zero-order valence-corrected chi connectivity index (χ0v) is 12.0. The first kappa shape index (κ1) is 13.8. The van der Waals surface area contributed by atoms with Gasteiger partial charge in [0.25, 0.3) is 5.91 Å². The Morgan fingerprint density at radius 1 is 1.42 bits per heavy atom. The highest BCUT2D eigenvalue weighted by Gasteiger charge is 2.16. The predicted octanol–water partition coefficient (Wildman–Crippen LogP) is 2.87. The number of nitrogens with zero attached hydrogens (tertiary/aromatic N) is 1. The Labute approximate surface area is 120 Å². The molecule has 0 aliphatic carbocycles. The number of hydrogen-bond donors (Lipinski definition) is 2. The van der Waals surface area contributed by atoms with Crippen LogP contribution >= 0.6 is 23.1 Å². The summed E-state index contributed by atoms with van der Waals surface area (Å²) >= 11 is 6.94. The standard InChI is InChI=1S/C13H14ClN3OS/c1-2-10-11(19-17-12(10)15)13(18)16-7-8-3-5-9(14)6-4-8/h3-6H,2,7H2,1H3,(H2,15,17)(H,16,18). The van der Waals surface area contributed by atoms with E-state index >= 15 is 0 Å². The minimum absolute atomic E-state index is 0.138. The lowest BCUT2D eigenvalue weighted by molar-refractivity contribution is 0.0954. The van der Waals surface area contributed by atoms with Gasteiger partial charge >= 0.3 is 0 Å². The average Bonchev–Trinajstić information content (AvgIpc) is 2.79. The zero-order valence-electron chi connectivity index (χ0n) is 10.4. The van der Waals surface area contributed by atoms with E-state index in [1.54, 1.807) is 12.1 Å². The lowest BCUT2D eigenvalue weighted by Crippen LogP contribution is -2.22. The second kappa shape index (κ2) is 6.04. The third-order valence-electron chi connectivity index (χ3n) is 2.74. The highest BCUT2D eigenvalue weighted by Crippen LogP contribution is 2.21. The summed E-state index contributed by atoms with van der Waals surface area (Å²) in [5.41, 5.74) is 7.53. The molecule has 2 rings (SSSR count). The van der Waals surface area contributed by atoms with Crippen molar-refractivity contribution in [3.8, 4) is 0 Å². The van der Waals surface area contributed by atoms with Crippen molar-refractivity contribution < 1.29 is 4.79 Å². The zero-order chi connectivity index (χ0) is 13.8. The van der Waals surface area contributed by atoms with Gasteiger partial charge in [-0.2, -0.15) is 4.37 Å². The van der Waals surface area contributed by atoms with Gasteiger partial charge in [-0.3, -0.25) is 4.79 Å². The Balaban J connectivity index is 2.03. The molecule has 0 bridgehead atoms. The number of anilines is 1. The lowest BCUT2D eigenvalue weighted by Gasteiger charge is -2.05. The number of carbonyl (C=O) groups excluding carboxylic acids is 1. The molecule has 0 spiro atoms. The van der Waals surface area contributed by atoms with E-state index in [9.17, 15) is 4.79 Å². The number of nitrogen functional groups attached to an aromatic ring is 1. The second-order valence-corrected chi connectivity index (χ2v) is 5.25. The van der Waals surface area contributed by atoms with Crippen LogP contribution in [0.3, 0.4) is 0 Å². The fraction of sp³-hybridized carbons (Fsp3) is 0.231. The van der Waals surface area contributed by atoms with E-state index < -0.39 is 0 Å². The molecule has 1 amide bonds. The van der Waals surface area contributed by atoms with Crippen molar-refractivity contribution in [2.45, 2.75) is 19.9 Å². The molecule has 0 unspecified atom stereocenters. The number of nitrogens with one attached hydrogen (secondary N) is 1. The van der Waals surface area contributed by atoms with Crippen molar-refractivity contribution in [2.75, 3.05) is 5.73 Å². The SMILES string of the molecule is CCc1c(N)nsc1C(=O)NCc1ccc(Cl)cc1. The van der Waals surface area contributed by atoms with Crippen LogP contribution in [0.1, 0.15) is 27.7 Å². The monoisotopic (exact) mass is 295 g/mol. The molecule has 3 N–H and O–H groups in total. The van der Waals surface area contributed by atoms with Crippen molar-refractivity contribution >= 4 is 34.9 Å². The fourth-order valence-corrected chi connectivity index (χ4v) is 2.65. The molecule has 0 saturated carbocycles. The van der Waals surface area contributed by atoms with Crippen LogP contribution in [0.25, 0.3) is 0 Å². The maximum absolute atomic E-state index is 12.1. The van der Waals surface area contributed by atoms with E-state index in [2.05, 4.69) is 9.69 Å². The van der Waals surface area contributed by atoms with E-state index in [0.29, 0.717) is 28.7 Å². The van der Waals surface area contributed by atoms with Gasteiger partial charge in [0.2, 0.25) is 0 Å². The number of nitrogens with two attached hydrogens (primary N) is 1. The van der Waals surface area contributed by atoms with Gasteiger partial charge in [0.05, 0.1) is 0 Å². The summed E-state index contributed by atoms with van der Waals surface area (Å²) in [7, 11) is 0. The minimum Gasteiger partial charge on any atom is -0.383 e. The number of rotatable bonds is 4. The Bertz CT molecular complexity index is 580. The van der Waals surface area contributed by atoms with Crippen molar-refractivity contribution in [1.82, 2.24) is 9.69 Å². The van der Waals surface area contributed by atoms with Crippen molar-refractivity contribution in [1.29, 1.82) is 0 Å². The molecular weight excluding hydrogens is 282 g/mol. The Morgan fingerprint density at radius 3 is 2.74 bits per heavy atom. The quantitative estimate of drug-likeness (QED) is 0.911. The van der Waals surface area contributed by atoms with Crippen LogP contribution in [0, 0.1) is 0 Å². The Kier molecular flexibility index (Phi) is 4.39. The van der Waals surface area contributed by atoms with Crippen LogP contribution in [0.15, 0.2) is 24.3 Å². The summed E-state index contributed by atoms with van der Waals surface area (Å²) in [6, 6.07) is 7.35. The van der Waals surface area contributed by atoms with E-state index in [-0.39, 0.29) is 5.91 Å². The maximum Gasteiger partial charge on any atom is 0.263 e. The molecule has 0 saturated heterocycles. The first-order valence-corrected chi connectivity index (χ1v) is 7.03. The second-order valence-electron chi connectivity index (χ2n) is 4.04. The molecule has 6 heteroatoms. The number of benzene rings is 1. The van der Waals surface area contributed by atoms with Gasteiger partial charge in [-0.05, 0) is 35.6 Å². The fourth-order valence-electron chi connectivity index (χ4n) is 1.71. The number of hydrogen-bond acceptors (Lipinski definition) is 4. The first-order chi connectivity index (χ1) is 9.11. The molecule has 0 aliphatic rings. The molecule has 1 heterocycles. The summed E-state index contributed by atoms with van der Waals surface area (Å²) in [5, 5.41) is 3.53. The molecule has 1 aromatic carbocycles. The average molecular weight is 296 g/mol. The number of carbonyl (C=O) groups is 1. The maximum atomic E-state index is 12.1. The van der Waals surface area contributed by atoms with Gasteiger partial charge in [0.1, 0.15) is 10.7 Å². The molecule has 1 aromatic heterocycles. The normalized spacial score (nSPS) is 10.4. The first-order valence-electron chi connectivity index (χ1n) is 5.88. The van der Waals surface area contributed by atoms with Gasteiger partial charge in [-0.25, -0.2) is 0 Å². The number of amides is 1. The predicted molar refractivity (Wildman–Crippen MR) is 78.5 cm³/mol. The third-order valence-corrected chi connectivity index (χ3v) is 3.90. The van der Waals surface area contributed by atoms with E-state index in [1.165, 1.54) is 0 Å². The van der Waals surface area contributed by atoms with Gasteiger partial charge in [-0.15, -0.1) is 0 Å². The van der Waals surface area contributed by atoms with Crippen LogP contribution in [0.2, 0.25) is 5.02 Å². The van der Waals surface area contributed by atoms with Crippen molar-refractivity contribution in [3.63, 3.8) is 0 Å². The summed E-state index contributed by atoms with van der Waals surface area (Å²) in [5.74, 6) is 0.310. The largest absolute Gasteiger partial charge is 0.383 e. The molecule has 100 valence electrons. The van der Waals surface area contributed by atoms with Gasteiger partial charge in [-0.1, -0.05) is 30.7 Å². The van der Waals surface area contributed by atoms with E-state index in [0.717, 1.165) is 22.7 Å². The highest BCUT2D eigenvalue weighted by atomic mass is 35.5. The van der Waals surface area contributed by atoms with Crippen LogP contribution in [-0.4, -0.2) is 10.3 Å². The van der Waals surface area contributed by atoms with E-state index in [1.807, 2.05) is 19.1 Å². The molecule has 4 nitrogen and oxygen atoms in total. The van der Waals surface area contributed by atoms with Gasteiger partial charge in [0.15, 0.2) is 0 Å². The third kappa shape index (κ3) is 3.24. The van der Waals surface area contributed by atoms with Crippen LogP contribution in [0.5, 0.6) is 0 Å². The summed E-state index contributed by atoms with van der Waals surface area (Å²) in [6.45, 7) is 2.41. The topological polar surface area (TPSA) is 68.0 Å². The number of halogens is 1. The van der Waals surface area contributed by atoms with Gasteiger partial charge < -0.3 is 11.1 Å². The summed E-state index contributed by atoms with van der Waals surface area (Å²) in [6.07, 6.45) is 0.700.